The largest absolute Gasteiger partial charge is 0.463 e. The summed E-state index contributed by atoms with van der Waals surface area (Å²) in [5.74, 6) is 1.87. The van der Waals surface area contributed by atoms with Crippen LogP contribution >= 0.6 is 34.4 Å². The quantitative estimate of drug-likeness (QED) is 0.568. The van der Waals surface area contributed by atoms with Crippen LogP contribution in [0.4, 0.5) is 0 Å². The average molecular weight is 339 g/mol. The Balaban J connectivity index is 2.26. The van der Waals surface area contributed by atoms with E-state index in [1.807, 2.05) is 26.0 Å². The summed E-state index contributed by atoms with van der Waals surface area (Å²) in [7, 11) is 0. The third kappa shape index (κ3) is 3.93. The Hall–Kier alpha value is -1.17. The summed E-state index contributed by atoms with van der Waals surface area (Å²) < 4.78 is 13.7. The lowest BCUT2D eigenvalue weighted by atomic mass is 10.4. The van der Waals surface area contributed by atoms with Crippen molar-refractivity contribution in [3.8, 4) is 11.5 Å². The Labute approximate surface area is 138 Å². The standard InChI is InChI=1S/C16H18O2S3/c1-5-7-17-13-11(3)9-19-15(13)21-16-14(18-8-6-2)12(4)10-20-16/h5-10H,1-4H3. The van der Waals surface area contributed by atoms with Gasteiger partial charge < -0.3 is 9.47 Å². The van der Waals surface area contributed by atoms with Crippen molar-refractivity contribution in [1.82, 2.24) is 0 Å². The minimum Gasteiger partial charge on any atom is -0.463 e. The second kappa shape index (κ2) is 7.73. The lowest BCUT2D eigenvalue weighted by Crippen LogP contribution is -1.85. The van der Waals surface area contributed by atoms with Crippen LogP contribution in [0.5, 0.6) is 11.5 Å². The van der Waals surface area contributed by atoms with Crippen molar-refractivity contribution in [2.45, 2.75) is 36.1 Å². The summed E-state index contributed by atoms with van der Waals surface area (Å²) in [4.78, 5) is 0. The minimum absolute atomic E-state index is 0.936. The van der Waals surface area contributed by atoms with Crippen LogP contribution in [0.1, 0.15) is 25.0 Å². The van der Waals surface area contributed by atoms with Gasteiger partial charge in [0.05, 0.1) is 12.5 Å². The van der Waals surface area contributed by atoms with Gasteiger partial charge in [-0.2, -0.15) is 0 Å². The van der Waals surface area contributed by atoms with E-state index in [0.717, 1.165) is 31.0 Å². The second-order valence-corrected chi connectivity index (χ2v) is 7.64. The van der Waals surface area contributed by atoms with Crippen LogP contribution in [0, 0.1) is 13.8 Å². The molecule has 0 aliphatic heterocycles. The van der Waals surface area contributed by atoms with Crippen LogP contribution in [-0.2, 0) is 0 Å². The maximum Gasteiger partial charge on any atom is 0.154 e. The molecule has 0 aliphatic carbocycles. The molecule has 0 spiro atoms. The van der Waals surface area contributed by atoms with Gasteiger partial charge in [-0.15, -0.1) is 22.7 Å². The molecule has 2 nitrogen and oxygen atoms in total. The van der Waals surface area contributed by atoms with E-state index in [2.05, 4.69) is 24.6 Å². The van der Waals surface area contributed by atoms with Crippen molar-refractivity contribution in [2.24, 2.45) is 0 Å². The third-order valence-electron chi connectivity index (χ3n) is 2.60. The Bertz CT molecular complexity index is 594. The Morgan fingerprint density at radius 2 is 1.29 bits per heavy atom. The van der Waals surface area contributed by atoms with Crippen molar-refractivity contribution >= 4 is 34.4 Å². The minimum atomic E-state index is 0.936. The predicted molar refractivity (Wildman–Crippen MR) is 93.1 cm³/mol. The van der Waals surface area contributed by atoms with Gasteiger partial charge in [-0.1, -0.05) is 23.9 Å². The fourth-order valence-corrected chi connectivity index (χ4v) is 5.12. The summed E-state index contributed by atoms with van der Waals surface area (Å²) in [6.07, 6.45) is 7.22. The number of thiophene rings is 2. The highest BCUT2D eigenvalue weighted by Gasteiger charge is 2.16. The third-order valence-corrected chi connectivity index (χ3v) is 6.16. The summed E-state index contributed by atoms with van der Waals surface area (Å²) in [6.45, 7) is 8.02. The summed E-state index contributed by atoms with van der Waals surface area (Å²) in [6, 6.07) is 0. The fourth-order valence-electron chi connectivity index (χ4n) is 1.60. The average Bonchev–Trinajstić information content (AvgIpc) is 2.99. The first-order chi connectivity index (χ1) is 10.2. The molecule has 0 radical (unpaired) electrons. The normalized spacial score (nSPS) is 11.6. The van der Waals surface area contributed by atoms with Crippen LogP contribution in [0.15, 0.2) is 43.9 Å². The van der Waals surface area contributed by atoms with Gasteiger partial charge >= 0.3 is 0 Å². The molecule has 2 aromatic heterocycles. The summed E-state index contributed by atoms with van der Waals surface area (Å²) in [5, 5.41) is 4.24. The topological polar surface area (TPSA) is 18.5 Å². The Morgan fingerprint density at radius 3 is 1.67 bits per heavy atom. The molecule has 0 bridgehead atoms. The van der Waals surface area contributed by atoms with E-state index in [9.17, 15) is 0 Å². The second-order valence-electron chi connectivity index (χ2n) is 4.35. The van der Waals surface area contributed by atoms with E-state index in [0.29, 0.717) is 0 Å². The molecular weight excluding hydrogens is 320 g/mol. The number of aryl methyl sites for hydroxylation is 2. The van der Waals surface area contributed by atoms with Crippen molar-refractivity contribution in [1.29, 1.82) is 0 Å². The number of rotatable bonds is 6. The number of hydrogen-bond acceptors (Lipinski definition) is 5. The van der Waals surface area contributed by atoms with Crippen molar-refractivity contribution in [3.05, 3.63) is 46.6 Å². The molecule has 0 unspecified atom stereocenters. The molecule has 0 aliphatic rings. The lowest BCUT2D eigenvalue weighted by Gasteiger charge is -2.05. The van der Waals surface area contributed by atoms with Crippen molar-refractivity contribution in [2.75, 3.05) is 0 Å². The monoisotopic (exact) mass is 338 g/mol. The van der Waals surface area contributed by atoms with Gasteiger partial charge in [-0.05, 0) is 38.5 Å². The molecule has 0 N–H and O–H groups in total. The highest BCUT2D eigenvalue weighted by molar-refractivity contribution is 8.03. The van der Waals surface area contributed by atoms with Crippen LogP contribution in [-0.4, -0.2) is 0 Å². The SMILES string of the molecule is CC=COc1c(C)csc1Sc1scc(C)c1OC=CC. The van der Waals surface area contributed by atoms with Crippen molar-refractivity contribution < 1.29 is 9.47 Å². The first-order valence-electron chi connectivity index (χ1n) is 6.57. The van der Waals surface area contributed by atoms with E-state index in [-0.39, 0.29) is 0 Å². The molecular formula is C16H18O2S3. The van der Waals surface area contributed by atoms with Crippen LogP contribution in [0.3, 0.4) is 0 Å². The van der Waals surface area contributed by atoms with Gasteiger partial charge in [0, 0.05) is 11.1 Å². The number of ether oxygens (including phenoxy) is 2. The lowest BCUT2D eigenvalue weighted by molar-refractivity contribution is 0.467. The molecule has 0 atom stereocenters. The molecule has 0 saturated heterocycles. The molecule has 112 valence electrons. The summed E-state index contributed by atoms with van der Waals surface area (Å²) >= 11 is 5.10. The van der Waals surface area contributed by atoms with Crippen LogP contribution < -0.4 is 9.47 Å². The zero-order valence-corrected chi connectivity index (χ0v) is 15.0. The Kier molecular flexibility index (Phi) is 5.96. The number of allylic oxidation sites excluding steroid dienone is 2. The van der Waals surface area contributed by atoms with Crippen molar-refractivity contribution in [3.63, 3.8) is 0 Å². The van der Waals surface area contributed by atoms with Crippen LogP contribution in [0.25, 0.3) is 0 Å². The van der Waals surface area contributed by atoms with E-state index in [1.165, 1.54) is 0 Å². The molecule has 21 heavy (non-hydrogen) atoms. The molecule has 0 fully saturated rings. The number of hydrogen-bond donors (Lipinski definition) is 0. The van der Waals surface area contributed by atoms with Gasteiger partial charge in [0.25, 0.3) is 0 Å². The van der Waals surface area contributed by atoms with Gasteiger partial charge in [0.2, 0.25) is 0 Å². The van der Waals surface area contributed by atoms with Gasteiger partial charge in [-0.25, -0.2) is 0 Å². The highest BCUT2D eigenvalue weighted by atomic mass is 32.2. The first kappa shape index (κ1) is 16.2. The maximum atomic E-state index is 5.72. The van der Waals surface area contributed by atoms with E-state index >= 15 is 0 Å². The predicted octanol–water partition coefficient (Wildman–Crippen LogP) is 6.40. The molecule has 2 rings (SSSR count). The zero-order chi connectivity index (χ0) is 15.2. The van der Waals surface area contributed by atoms with Gasteiger partial charge in [-0.3, -0.25) is 0 Å². The fraction of sp³-hybridized carbons (Fsp3) is 0.250. The molecule has 5 heteroatoms. The Morgan fingerprint density at radius 1 is 0.857 bits per heavy atom. The molecule has 0 aromatic carbocycles. The molecule has 2 heterocycles. The summed E-state index contributed by atoms with van der Waals surface area (Å²) in [5.41, 5.74) is 2.31. The van der Waals surface area contributed by atoms with E-state index in [4.69, 9.17) is 9.47 Å². The zero-order valence-electron chi connectivity index (χ0n) is 12.5. The molecule has 0 saturated carbocycles. The van der Waals surface area contributed by atoms with Gasteiger partial charge in [0.1, 0.15) is 8.42 Å². The maximum absolute atomic E-state index is 5.72. The molecule has 0 amide bonds. The van der Waals surface area contributed by atoms with E-state index < -0.39 is 0 Å². The highest BCUT2D eigenvalue weighted by Crippen LogP contribution is 2.48. The van der Waals surface area contributed by atoms with Gasteiger partial charge in [0.15, 0.2) is 11.5 Å². The smallest absolute Gasteiger partial charge is 0.154 e. The molecule has 2 aromatic rings. The van der Waals surface area contributed by atoms with Crippen LogP contribution in [0.2, 0.25) is 0 Å². The first-order valence-corrected chi connectivity index (χ1v) is 9.14. The van der Waals surface area contributed by atoms with E-state index in [1.54, 1.807) is 47.0 Å².